The van der Waals surface area contributed by atoms with Gasteiger partial charge in [-0.25, -0.2) is 9.50 Å². The van der Waals surface area contributed by atoms with Crippen molar-refractivity contribution >= 4 is 33.0 Å². The minimum Gasteiger partial charge on any atom is -0.496 e. The van der Waals surface area contributed by atoms with Crippen LogP contribution in [0.2, 0.25) is 0 Å². The van der Waals surface area contributed by atoms with Crippen LogP contribution in [0, 0.1) is 11.3 Å². The molecule has 4 heterocycles. The number of hydrogen-bond acceptors (Lipinski definition) is 9. The zero-order chi connectivity index (χ0) is 24.6. The highest BCUT2D eigenvalue weighted by molar-refractivity contribution is 7.18. The first-order valence-electron chi connectivity index (χ1n) is 11.6. The number of rotatable bonds is 7. The Morgan fingerprint density at radius 2 is 2.03 bits per heavy atom. The summed E-state index contributed by atoms with van der Waals surface area (Å²) in [4.78, 5) is 7.70. The van der Waals surface area contributed by atoms with Gasteiger partial charge in [-0.05, 0) is 54.5 Å². The lowest BCUT2D eigenvalue weighted by Gasteiger charge is -2.27. The van der Waals surface area contributed by atoms with E-state index in [2.05, 4.69) is 21.1 Å². The molecule has 2 aromatic carbocycles. The van der Waals surface area contributed by atoms with Crippen LogP contribution in [-0.2, 0) is 0 Å². The third kappa shape index (κ3) is 3.97. The number of anilines is 1. The van der Waals surface area contributed by atoms with E-state index in [0.717, 1.165) is 35.4 Å². The molecule has 0 saturated carbocycles. The molecular formula is C26H23N5O4S. The second-order valence-corrected chi connectivity index (χ2v) is 9.45. The molecule has 1 saturated heterocycles. The summed E-state index contributed by atoms with van der Waals surface area (Å²) in [5.41, 5.74) is 3.11. The summed E-state index contributed by atoms with van der Waals surface area (Å²) in [6.45, 7) is 1.48. The molecule has 10 heteroatoms. The number of nitrogens with zero attached hydrogens (tertiary/aromatic N) is 5. The van der Waals surface area contributed by atoms with Crippen molar-refractivity contribution < 1.29 is 18.6 Å². The van der Waals surface area contributed by atoms with Crippen LogP contribution in [0.25, 0.3) is 27.4 Å². The Balaban J connectivity index is 1.27. The van der Waals surface area contributed by atoms with Crippen LogP contribution in [0.15, 0.2) is 53.1 Å². The van der Waals surface area contributed by atoms with Crippen LogP contribution in [0.4, 0.5) is 5.69 Å². The van der Waals surface area contributed by atoms with Gasteiger partial charge in [0.1, 0.15) is 29.4 Å². The van der Waals surface area contributed by atoms with Crippen LogP contribution in [-0.4, -0.2) is 48.0 Å². The van der Waals surface area contributed by atoms with E-state index in [9.17, 15) is 0 Å². The number of hydrogen-bond donors (Lipinski definition) is 0. The highest BCUT2D eigenvalue weighted by Crippen LogP contribution is 2.38. The second kappa shape index (κ2) is 9.09. The summed E-state index contributed by atoms with van der Waals surface area (Å²) in [6.07, 6.45) is 3.94. The lowest BCUT2D eigenvalue weighted by Crippen LogP contribution is -2.34. The fraction of sp³-hybridized carbons (Fsp3) is 0.269. The van der Waals surface area contributed by atoms with E-state index in [1.165, 1.54) is 11.3 Å². The summed E-state index contributed by atoms with van der Waals surface area (Å²) in [7, 11) is 3.21. The normalized spacial score (nSPS) is 15.5. The molecule has 0 radical (unpaired) electrons. The van der Waals surface area contributed by atoms with Crippen molar-refractivity contribution in [1.82, 2.24) is 14.6 Å². The molecule has 5 aromatic rings. The predicted octanol–water partition coefficient (Wildman–Crippen LogP) is 5.14. The van der Waals surface area contributed by atoms with Crippen molar-refractivity contribution in [3.05, 3.63) is 54.2 Å². The zero-order valence-corrected chi connectivity index (χ0v) is 20.6. The Kier molecular flexibility index (Phi) is 5.62. The van der Waals surface area contributed by atoms with Gasteiger partial charge in [0.2, 0.25) is 4.96 Å². The molecule has 1 fully saturated rings. The third-order valence-electron chi connectivity index (χ3n) is 6.40. The summed E-state index contributed by atoms with van der Waals surface area (Å²) in [5, 5.41) is 14.8. The number of methoxy groups -OCH3 is 2. The van der Waals surface area contributed by atoms with Crippen LogP contribution in [0.1, 0.15) is 18.4 Å². The van der Waals surface area contributed by atoms with Gasteiger partial charge in [-0.2, -0.15) is 5.26 Å². The molecule has 0 aliphatic carbocycles. The van der Waals surface area contributed by atoms with E-state index in [4.69, 9.17) is 23.9 Å². The molecule has 1 aliphatic heterocycles. The summed E-state index contributed by atoms with van der Waals surface area (Å²) < 4.78 is 24.9. The number of benzene rings is 2. The molecule has 9 nitrogen and oxygen atoms in total. The minimum absolute atomic E-state index is 0.228. The van der Waals surface area contributed by atoms with Gasteiger partial charge in [0, 0.05) is 24.4 Å². The van der Waals surface area contributed by atoms with Gasteiger partial charge < -0.3 is 23.5 Å². The number of fused-ring (bicyclic) bond motifs is 2. The van der Waals surface area contributed by atoms with Crippen LogP contribution < -0.4 is 19.1 Å². The lowest BCUT2D eigenvalue weighted by molar-refractivity contribution is 0.290. The van der Waals surface area contributed by atoms with Crippen molar-refractivity contribution in [2.75, 3.05) is 32.3 Å². The van der Waals surface area contributed by atoms with Crippen molar-refractivity contribution in [3.63, 3.8) is 0 Å². The second-order valence-electron chi connectivity index (χ2n) is 8.53. The van der Waals surface area contributed by atoms with E-state index < -0.39 is 0 Å². The van der Waals surface area contributed by atoms with Crippen molar-refractivity contribution in [3.8, 4) is 34.2 Å². The first-order valence-corrected chi connectivity index (χ1v) is 12.4. The lowest BCUT2D eigenvalue weighted by atomic mass is 10.2. The van der Waals surface area contributed by atoms with Crippen molar-refractivity contribution in [2.45, 2.75) is 18.9 Å². The fourth-order valence-electron chi connectivity index (χ4n) is 4.59. The van der Waals surface area contributed by atoms with Crippen LogP contribution >= 0.6 is 11.3 Å². The van der Waals surface area contributed by atoms with Crippen molar-refractivity contribution in [2.24, 2.45) is 0 Å². The molecule has 0 N–H and O–H groups in total. The van der Waals surface area contributed by atoms with Gasteiger partial charge in [0.15, 0.2) is 5.76 Å². The molecule has 0 spiro atoms. The van der Waals surface area contributed by atoms with E-state index in [-0.39, 0.29) is 6.04 Å². The van der Waals surface area contributed by atoms with Crippen molar-refractivity contribution in [1.29, 1.82) is 5.26 Å². The maximum absolute atomic E-state index is 9.09. The minimum atomic E-state index is 0.228. The SMILES string of the molecule is COc1cc(OC[C@H]2CCCN2c2ccc(C#N)cc2)c2cc(-c3cn4nc(OC)sc4n3)oc2c1. The van der Waals surface area contributed by atoms with Gasteiger partial charge in [-0.15, -0.1) is 5.10 Å². The monoisotopic (exact) mass is 501 g/mol. The molecule has 0 amide bonds. The van der Waals surface area contributed by atoms with Gasteiger partial charge in [0.25, 0.3) is 5.19 Å². The van der Waals surface area contributed by atoms with E-state index in [0.29, 0.717) is 45.9 Å². The Hall–Kier alpha value is -4.23. The van der Waals surface area contributed by atoms with Crippen LogP contribution in [0.5, 0.6) is 16.7 Å². The molecule has 36 heavy (non-hydrogen) atoms. The maximum atomic E-state index is 9.09. The molecular weight excluding hydrogens is 478 g/mol. The summed E-state index contributed by atoms with van der Waals surface area (Å²) >= 11 is 1.36. The highest BCUT2D eigenvalue weighted by Gasteiger charge is 2.26. The first kappa shape index (κ1) is 22.2. The van der Waals surface area contributed by atoms with E-state index in [1.807, 2.05) is 48.7 Å². The average Bonchev–Trinajstić information content (AvgIpc) is 3.69. The first-order chi connectivity index (χ1) is 17.6. The van der Waals surface area contributed by atoms with Gasteiger partial charge in [-0.3, -0.25) is 0 Å². The number of nitriles is 1. The quantitative estimate of drug-likeness (QED) is 0.302. The Morgan fingerprint density at radius 1 is 1.17 bits per heavy atom. The fourth-order valence-corrected chi connectivity index (χ4v) is 5.29. The topological polar surface area (TPSA) is 98.1 Å². The molecule has 6 rings (SSSR count). The van der Waals surface area contributed by atoms with E-state index in [1.54, 1.807) is 18.7 Å². The molecule has 0 bridgehead atoms. The van der Waals surface area contributed by atoms with Gasteiger partial charge >= 0.3 is 0 Å². The molecule has 182 valence electrons. The maximum Gasteiger partial charge on any atom is 0.294 e. The average molecular weight is 502 g/mol. The number of aromatic nitrogens is 3. The zero-order valence-electron chi connectivity index (χ0n) is 19.8. The number of imidazole rings is 1. The molecule has 1 aliphatic rings. The Morgan fingerprint density at radius 3 is 2.78 bits per heavy atom. The number of ether oxygens (including phenoxy) is 3. The highest BCUT2D eigenvalue weighted by atomic mass is 32.1. The van der Waals surface area contributed by atoms with Gasteiger partial charge in [-0.1, -0.05) is 0 Å². The molecule has 3 aromatic heterocycles. The largest absolute Gasteiger partial charge is 0.496 e. The Labute approximate surface area is 211 Å². The van der Waals surface area contributed by atoms with E-state index >= 15 is 0 Å². The summed E-state index contributed by atoms with van der Waals surface area (Å²) in [5.74, 6) is 1.98. The predicted molar refractivity (Wildman–Crippen MR) is 136 cm³/mol. The van der Waals surface area contributed by atoms with Crippen LogP contribution in [0.3, 0.4) is 0 Å². The summed E-state index contributed by atoms with van der Waals surface area (Å²) in [6, 6.07) is 15.8. The Bertz CT molecular complexity index is 1550. The van der Waals surface area contributed by atoms with Gasteiger partial charge in [0.05, 0.1) is 43.5 Å². The smallest absolute Gasteiger partial charge is 0.294 e. The molecule has 0 unspecified atom stereocenters. The third-order valence-corrected chi connectivity index (χ3v) is 7.28. The standard InChI is InChI=1S/C26H23N5O4S/c1-32-19-10-22(34-15-18-4-3-9-30(18)17-7-5-16(13-27)6-8-17)20-12-24(35-23(20)11-19)21-14-31-25(28-21)36-26(29-31)33-2/h5-8,10-12,14,18H,3-4,9,15H2,1-2H3/t18-/m1/s1. The number of furan rings is 1. The molecule has 1 atom stereocenters.